The molecule has 1 saturated heterocycles. The van der Waals surface area contributed by atoms with Crippen LogP contribution < -0.4 is 0 Å². The van der Waals surface area contributed by atoms with Gasteiger partial charge in [0.1, 0.15) is 18.1 Å². The van der Waals surface area contributed by atoms with E-state index in [9.17, 15) is 14.4 Å². The second-order valence-corrected chi connectivity index (χ2v) is 8.06. The van der Waals surface area contributed by atoms with Crippen molar-refractivity contribution in [3.8, 4) is 11.3 Å². The topological polar surface area (TPSA) is 76.8 Å². The molecule has 0 unspecified atom stereocenters. The number of carbonyl (C=O) groups excluding carboxylic acids is 3. The number of benzene rings is 1. The summed E-state index contributed by atoms with van der Waals surface area (Å²) < 4.78 is 10.9. The van der Waals surface area contributed by atoms with Gasteiger partial charge < -0.3 is 9.15 Å². The lowest BCUT2D eigenvalue weighted by Gasteiger charge is -2.14. The standard InChI is InChI=1S/C20H17Cl2NO5S/c1-3-11(2)27-17(24)10-23-19(25)16(29-20(23)26)9-12-7-8-15(28-12)13-5-4-6-14(21)18(13)22/h4-9,11H,3,10H2,1-2H3/b16-9+/t11-/m0/s1. The van der Waals surface area contributed by atoms with Gasteiger partial charge >= 0.3 is 5.97 Å². The van der Waals surface area contributed by atoms with E-state index in [1.54, 1.807) is 37.3 Å². The van der Waals surface area contributed by atoms with E-state index in [0.29, 0.717) is 33.6 Å². The summed E-state index contributed by atoms with van der Waals surface area (Å²) in [4.78, 5) is 37.6. The summed E-state index contributed by atoms with van der Waals surface area (Å²) >= 11 is 13.0. The minimum atomic E-state index is -0.626. The molecule has 1 aliphatic heterocycles. The van der Waals surface area contributed by atoms with E-state index < -0.39 is 23.7 Å². The average molecular weight is 454 g/mol. The Morgan fingerprint density at radius 3 is 2.76 bits per heavy atom. The van der Waals surface area contributed by atoms with E-state index in [1.165, 1.54) is 6.08 Å². The zero-order valence-corrected chi connectivity index (χ0v) is 17.9. The van der Waals surface area contributed by atoms with Gasteiger partial charge in [0, 0.05) is 11.6 Å². The van der Waals surface area contributed by atoms with Crippen LogP contribution in [-0.2, 0) is 14.3 Å². The van der Waals surface area contributed by atoms with E-state index in [-0.39, 0.29) is 11.0 Å². The molecule has 1 atom stereocenters. The van der Waals surface area contributed by atoms with E-state index in [4.69, 9.17) is 32.4 Å². The molecule has 9 heteroatoms. The first kappa shape index (κ1) is 21.5. The van der Waals surface area contributed by atoms with Gasteiger partial charge in [0.25, 0.3) is 11.1 Å². The highest BCUT2D eigenvalue weighted by Crippen LogP contribution is 2.36. The van der Waals surface area contributed by atoms with Crippen LogP contribution in [0.3, 0.4) is 0 Å². The second kappa shape index (κ2) is 9.07. The fraction of sp³-hybridized carbons (Fsp3) is 0.250. The third-order valence-corrected chi connectivity index (χ3v) is 5.91. The Morgan fingerprint density at radius 2 is 2.03 bits per heavy atom. The van der Waals surface area contributed by atoms with Gasteiger partial charge in [-0.3, -0.25) is 19.3 Å². The Morgan fingerprint density at radius 1 is 1.28 bits per heavy atom. The van der Waals surface area contributed by atoms with Crippen molar-refractivity contribution in [1.82, 2.24) is 4.90 Å². The van der Waals surface area contributed by atoms with Gasteiger partial charge in [-0.05, 0) is 49.4 Å². The molecule has 1 aromatic heterocycles. The number of esters is 1. The van der Waals surface area contributed by atoms with Crippen LogP contribution in [0.25, 0.3) is 17.4 Å². The first-order valence-corrected chi connectivity index (χ1v) is 10.4. The molecule has 0 aliphatic carbocycles. The lowest BCUT2D eigenvalue weighted by molar-refractivity contribution is -0.150. The van der Waals surface area contributed by atoms with Crippen LogP contribution in [0.2, 0.25) is 10.0 Å². The Hall–Kier alpha value is -2.22. The lowest BCUT2D eigenvalue weighted by atomic mass is 10.2. The Bertz CT molecular complexity index is 1000. The van der Waals surface area contributed by atoms with Crippen molar-refractivity contribution in [2.45, 2.75) is 26.4 Å². The number of ether oxygens (including phenoxy) is 1. The summed E-state index contributed by atoms with van der Waals surface area (Å²) in [5.74, 6) is -0.359. The van der Waals surface area contributed by atoms with Crippen molar-refractivity contribution in [2.75, 3.05) is 6.54 Å². The zero-order valence-electron chi connectivity index (χ0n) is 15.6. The summed E-state index contributed by atoms with van der Waals surface area (Å²) in [6, 6.07) is 8.51. The molecule has 3 rings (SSSR count). The maximum atomic E-state index is 12.5. The Kier molecular flexibility index (Phi) is 6.72. The molecule has 0 bridgehead atoms. The van der Waals surface area contributed by atoms with Crippen LogP contribution >= 0.6 is 35.0 Å². The van der Waals surface area contributed by atoms with Gasteiger partial charge in [-0.1, -0.05) is 36.2 Å². The number of imide groups is 1. The van der Waals surface area contributed by atoms with Crippen LogP contribution in [0.4, 0.5) is 4.79 Å². The van der Waals surface area contributed by atoms with Crippen LogP contribution in [0.15, 0.2) is 39.7 Å². The Balaban J connectivity index is 1.76. The van der Waals surface area contributed by atoms with Gasteiger partial charge in [0.05, 0.1) is 21.1 Å². The molecule has 29 heavy (non-hydrogen) atoms. The highest BCUT2D eigenvalue weighted by atomic mass is 35.5. The predicted octanol–water partition coefficient (Wildman–Crippen LogP) is 5.63. The normalized spacial score (nSPS) is 16.6. The predicted molar refractivity (Wildman–Crippen MR) is 113 cm³/mol. The Labute approximate surface area is 181 Å². The summed E-state index contributed by atoms with van der Waals surface area (Å²) in [6.07, 6.45) is 1.82. The van der Waals surface area contributed by atoms with Crippen LogP contribution in [-0.4, -0.2) is 34.7 Å². The van der Waals surface area contributed by atoms with Crippen molar-refractivity contribution in [1.29, 1.82) is 0 Å². The number of rotatable bonds is 6. The van der Waals surface area contributed by atoms with E-state index in [1.807, 2.05) is 6.92 Å². The van der Waals surface area contributed by atoms with Gasteiger partial charge in [0.15, 0.2) is 0 Å². The third-order valence-electron chi connectivity index (χ3n) is 4.19. The summed E-state index contributed by atoms with van der Waals surface area (Å²) in [7, 11) is 0. The van der Waals surface area contributed by atoms with Crippen molar-refractivity contribution < 1.29 is 23.5 Å². The van der Waals surface area contributed by atoms with Gasteiger partial charge in [-0.25, -0.2) is 0 Å². The molecular formula is C20H17Cl2NO5S. The second-order valence-electron chi connectivity index (χ2n) is 6.28. The third kappa shape index (κ3) is 4.86. The van der Waals surface area contributed by atoms with Crippen LogP contribution in [0, 0.1) is 0 Å². The molecule has 2 heterocycles. The van der Waals surface area contributed by atoms with E-state index in [2.05, 4.69) is 0 Å². The quantitative estimate of drug-likeness (QED) is 0.416. The molecule has 0 N–H and O–H groups in total. The summed E-state index contributed by atoms with van der Waals surface area (Å²) in [5.41, 5.74) is 0.611. The van der Waals surface area contributed by atoms with Crippen molar-refractivity contribution >= 4 is 58.2 Å². The number of hydrogen-bond donors (Lipinski definition) is 0. The molecule has 2 amide bonds. The first-order valence-electron chi connectivity index (χ1n) is 8.79. The van der Waals surface area contributed by atoms with E-state index >= 15 is 0 Å². The van der Waals surface area contributed by atoms with Crippen molar-refractivity contribution in [3.05, 3.63) is 51.0 Å². The molecule has 152 valence electrons. The van der Waals surface area contributed by atoms with Crippen LogP contribution in [0.1, 0.15) is 26.0 Å². The average Bonchev–Trinajstić information content (AvgIpc) is 3.24. The van der Waals surface area contributed by atoms with Gasteiger partial charge in [0.2, 0.25) is 0 Å². The van der Waals surface area contributed by atoms with E-state index in [0.717, 1.165) is 16.7 Å². The molecule has 1 fully saturated rings. The molecule has 1 aliphatic rings. The minimum absolute atomic E-state index is 0.157. The largest absolute Gasteiger partial charge is 0.461 e. The molecule has 0 spiro atoms. The number of hydrogen-bond acceptors (Lipinski definition) is 6. The van der Waals surface area contributed by atoms with Crippen LogP contribution in [0.5, 0.6) is 0 Å². The van der Waals surface area contributed by atoms with Crippen molar-refractivity contribution in [3.63, 3.8) is 0 Å². The number of halogens is 2. The zero-order chi connectivity index (χ0) is 21.1. The maximum Gasteiger partial charge on any atom is 0.326 e. The summed E-state index contributed by atoms with van der Waals surface area (Å²) in [6.45, 7) is 3.19. The fourth-order valence-corrected chi connectivity index (χ4v) is 3.72. The molecule has 1 aromatic carbocycles. The highest BCUT2D eigenvalue weighted by molar-refractivity contribution is 8.18. The molecule has 6 nitrogen and oxygen atoms in total. The number of furan rings is 1. The first-order chi connectivity index (χ1) is 13.8. The number of carbonyl (C=O) groups is 3. The highest BCUT2D eigenvalue weighted by Gasteiger charge is 2.37. The smallest absolute Gasteiger partial charge is 0.326 e. The summed E-state index contributed by atoms with van der Waals surface area (Å²) in [5, 5.41) is 0.217. The number of amides is 2. The molecule has 0 radical (unpaired) electrons. The lowest BCUT2D eigenvalue weighted by Crippen LogP contribution is -2.35. The number of thioether (sulfide) groups is 1. The molecule has 2 aromatic rings. The van der Waals surface area contributed by atoms with Gasteiger partial charge in [-0.15, -0.1) is 0 Å². The number of nitrogens with zero attached hydrogens (tertiary/aromatic N) is 1. The fourth-order valence-electron chi connectivity index (χ4n) is 2.51. The minimum Gasteiger partial charge on any atom is -0.461 e. The molecule has 0 saturated carbocycles. The van der Waals surface area contributed by atoms with Crippen molar-refractivity contribution in [2.24, 2.45) is 0 Å². The molecular weight excluding hydrogens is 437 g/mol. The maximum absolute atomic E-state index is 12.5. The van der Waals surface area contributed by atoms with Gasteiger partial charge in [-0.2, -0.15) is 0 Å². The SMILES string of the molecule is CC[C@H](C)OC(=O)CN1C(=O)S/C(=C/c2ccc(-c3cccc(Cl)c3Cl)o2)C1=O. The monoisotopic (exact) mass is 453 g/mol.